The molecule has 10 heavy (non-hydrogen) atoms. The van der Waals surface area contributed by atoms with Gasteiger partial charge in [-0.25, -0.2) is 4.39 Å². The van der Waals surface area contributed by atoms with Crippen LogP contribution in [-0.2, 0) is 4.79 Å². The highest BCUT2D eigenvalue weighted by atomic mass is 79.9. The first kappa shape index (κ1) is 7.47. The number of halogens is 2. The maximum absolute atomic E-state index is 13.0. The van der Waals surface area contributed by atoms with Gasteiger partial charge in [0.1, 0.15) is 0 Å². The normalized spacial score (nSPS) is 30.8. The molecule has 1 heterocycles. The molecule has 0 saturated carbocycles. The third kappa shape index (κ3) is 1.26. The molecule has 2 nitrogen and oxygen atoms in total. The molecule has 54 valence electrons. The monoisotopic (exact) mass is 205 g/mol. The van der Waals surface area contributed by atoms with Crippen molar-refractivity contribution >= 4 is 22.2 Å². The maximum atomic E-state index is 13.0. The van der Waals surface area contributed by atoms with Crippen molar-refractivity contribution in [2.75, 3.05) is 0 Å². The zero-order chi connectivity index (χ0) is 7.61. The zero-order valence-corrected chi connectivity index (χ0v) is 6.56. The lowest BCUT2D eigenvalue weighted by Crippen LogP contribution is -2.34. The Balaban J connectivity index is 2.91. The zero-order valence-electron chi connectivity index (χ0n) is 4.97. The Hall–Kier alpha value is -0.640. The summed E-state index contributed by atoms with van der Waals surface area (Å²) in [6.07, 6.45) is 4.84. The number of dihydropyridines is 1. The molecule has 0 aliphatic carbocycles. The maximum Gasteiger partial charge on any atom is 0.264 e. The summed E-state index contributed by atoms with van der Waals surface area (Å²) in [5.74, 6) is 0. The average molecular weight is 206 g/mol. The predicted molar refractivity (Wildman–Crippen MR) is 39.2 cm³/mol. The number of aldehydes is 1. The number of rotatable bonds is 1. The Bertz CT molecular complexity index is 210. The van der Waals surface area contributed by atoms with E-state index in [9.17, 15) is 9.18 Å². The molecule has 0 saturated heterocycles. The molecule has 0 unspecified atom stereocenters. The highest BCUT2D eigenvalue weighted by molar-refractivity contribution is 9.10. The number of carbonyl (C=O) groups excluding carboxylic acids is 1. The minimum Gasteiger partial charge on any atom is -0.347 e. The van der Waals surface area contributed by atoms with Crippen LogP contribution in [0.4, 0.5) is 4.39 Å². The summed E-state index contributed by atoms with van der Waals surface area (Å²) in [4.78, 5) is 10.2. The van der Waals surface area contributed by atoms with Crippen LogP contribution in [-0.4, -0.2) is 11.0 Å². The molecule has 0 aromatic heterocycles. The first-order chi connectivity index (χ1) is 4.67. The Kier molecular flexibility index (Phi) is 1.89. The summed E-state index contributed by atoms with van der Waals surface area (Å²) in [7, 11) is 0. The van der Waals surface area contributed by atoms with Gasteiger partial charge in [0.15, 0.2) is 6.29 Å². The number of carbonyl (C=O) groups is 1. The topological polar surface area (TPSA) is 29.1 Å². The van der Waals surface area contributed by atoms with Gasteiger partial charge < -0.3 is 5.32 Å². The Morgan fingerprint density at radius 3 is 2.90 bits per heavy atom. The van der Waals surface area contributed by atoms with E-state index in [0.29, 0.717) is 6.29 Å². The van der Waals surface area contributed by atoms with Crippen molar-refractivity contribution in [3.63, 3.8) is 0 Å². The lowest BCUT2D eigenvalue weighted by atomic mass is 10.2. The second kappa shape index (κ2) is 2.54. The minimum absolute atomic E-state index is 0.0370. The second-order valence-electron chi connectivity index (χ2n) is 1.82. The molecular weight excluding hydrogens is 201 g/mol. The molecule has 0 spiro atoms. The molecular formula is C6H5BrFNO. The summed E-state index contributed by atoms with van der Waals surface area (Å²) < 4.78 is 11.1. The number of hydrogen-bond donors (Lipinski definition) is 1. The number of hydrogen-bond acceptors (Lipinski definition) is 2. The molecule has 1 N–H and O–H groups in total. The van der Waals surface area contributed by atoms with E-state index in [0.717, 1.165) is 0 Å². The summed E-state index contributed by atoms with van der Waals surface area (Å²) >= 11 is 2.69. The standard InChI is InChI=1S/C6H5BrFNO/c7-6(8)5(4-10)2-1-3-9-6/h1-4,9H/t6-/m1/s1. The molecule has 1 rings (SSSR count). The molecule has 4 heteroatoms. The lowest BCUT2D eigenvalue weighted by Gasteiger charge is -2.20. The molecule has 0 aromatic carbocycles. The van der Waals surface area contributed by atoms with Gasteiger partial charge in [-0.3, -0.25) is 4.79 Å². The van der Waals surface area contributed by atoms with Gasteiger partial charge in [0.2, 0.25) is 0 Å². The van der Waals surface area contributed by atoms with Crippen molar-refractivity contribution in [3.05, 3.63) is 23.9 Å². The SMILES string of the molecule is O=CC1=CC=CN[C@@]1(F)Br. The molecule has 0 radical (unpaired) electrons. The molecule has 0 amide bonds. The summed E-state index contributed by atoms with van der Waals surface area (Å²) in [5.41, 5.74) is 0.0370. The van der Waals surface area contributed by atoms with Crippen molar-refractivity contribution in [2.24, 2.45) is 0 Å². The van der Waals surface area contributed by atoms with Crippen molar-refractivity contribution in [1.29, 1.82) is 0 Å². The van der Waals surface area contributed by atoms with Gasteiger partial charge in [0, 0.05) is 6.20 Å². The van der Waals surface area contributed by atoms with E-state index >= 15 is 0 Å². The van der Waals surface area contributed by atoms with E-state index in [1.807, 2.05) is 0 Å². The summed E-state index contributed by atoms with van der Waals surface area (Å²) in [6.45, 7) is 0. The average Bonchev–Trinajstić information content (AvgIpc) is 1.87. The lowest BCUT2D eigenvalue weighted by molar-refractivity contribution is -0.105. The second-order valence-corrected chi connectivity index (χ2v) is 2.91. The molecule has 0 bridgehead atoms. The van der Waals surface area contributed by atoms with Crippen molar-refractivity contribution in [2.45, 2.75) is 4.70 Å². The van der Waals surface area contributed by atoms with Gasteiger partial charge in [0.25, 0.3) is 4.70 Å². The molecule has 1 aliphatic heterocycles. The summed E-state index contributed by atoms with van der Waals surface area (Å²) in [6, 6.07) is 0. The van der Waals surface area contributed by atoms with Gasteiger partial charge in [-0.05, 0) is 28.1 Å². The smallest absolute Gasteiger partial charge is 0.264 e. The van der Waals surface area contributed by atoms with Crippen LogP contribution >= 0.6 is 15.9 Å². The predicted octanol–water partition coefficient (Wildman–Crippen LogP) is 1.25. The van der Waals surface area contributed by atoms with Crippen LogP contribution in [0.25, 0.3) is 0 Å². The Labute approximate surface area is 65.9 Å². The van der Waals surface area contributed by atoms with Gasteiger partial charge in [-0.1, -0.05) is 0 Å². The van der Waals surface area contributed by atoms with Gasteiger partial charge >= 0.3 is 0 Å². The highest BCUT2D eigenvalue weighted by Gasteiger charge is 2.30. The molecule has 1 aliphatic rings. The Morgan fingerprint density at radius 1 is 1.80 bits per heavy atom. The van der Waals surface area contributed by atoms with Crippen molar-refractivity contribution in [3.8, 4) is 0 Å². The van der Waals surface area contributed by atoms with E-state index in [-0.39, 0.29) is 5.57 Å². The fourth-order valence-corrected chi connectivity index (χ4v) is 0.964. The minimum atomic E-state index is -1.89. The molecule has 0 fully saturated rings. The van der Waals surface area contributed by atoms with Crippen LogP contribution in [0.2, 0.25) is 0 Å². The Morgan fingerprint density at radius 2 is 2.50 bits per heavy atom. The molecule has 0 aromatic rings. The summed E-state index contributed by atoms with van der Waals surface area (Å²) in [5, 5.41) is 2.33. The fraction of sp³-hybridized carbons (Fsp3) is 0.167. The van der Waals surface area contributed by atoms with Crippen molar-refractivity contribution < 1.29 is 9.18 Å². The quantitative estimate of drug-likeness (QED) is 0.397. The fourth-order valence-electron chi connectivity index (χ4n) is 0.606. The van der Waals surface area contributed by atoms with E-state index in [1.54, 1.807) is 6.08 Å². The van der Waals surface area contributed by atoms with Gasteiger partial charge in [-0.2, -0.15) is 0 Å². The van der Waals surface area contributed by atoms with E-state index < -0.39 is 4.70 Å². The van der Waals surface area contributed by atoms with Crippen molar-refractivity contribution in [1.82, 2.24) is 5.32 Å². The molecule has 1 atom stereocenters. The van der Waals surface area contributed by atoms with Crippen LogP contribution in [0.1, 0.15) is 0 Å². The van der Waals surface area contributed by atoms with Crippen LogP contribution in [0.15, 0.2) is 23.9 Å². The first-order valence-corrected chi connectivity index (χ1v) is 3.44. The number of allylic oxidation sites excluding steroid dienone is 2. The van der Waals surface area contributed by atoms with Crippen LogP contribution in [0.3, 0.4) is 0 Å². The van der Waals surface area contributed by atoms with Crippen LogP contribution in [0.5, 0.6) is 0 Å². The van der Waals surface area contributed by atoms with Gasteiger partial charge in [-0.15, -0.1) is 0 Å². The van der Waals surface area contributed by atoms with E-state index in [2.05, 4.69) is 21.2 Å². The third-order valence-corrected chi connectivity index (χ3v) is 1.81. The number of alkyl halides is 2. The largest absolute Gasteiger partial charge is 0.347 e. The third-order valence-electron chi connectivity index (χ3n) is 1.13. The first-order valence-electron chi connectivity index (χ1n) is 2.65. The van der Waals surface area contributed by atoms with Gasteiger partial charge in [0.05, 0.1) is 5.57 Å². The van der Waals surface area contributed by atoms with E-state index in [1.165, 1.54) is 12.3 Å². The number of nitrogens with one attached hydrogen (secondary N) is 1. The van der Waals surface area contributed by atoms with Crippen LogP contribution < -0.4 is 5.32 Å². The highest BCUT2D eigenvalue weighted by Crippen LogP contribution is 2.26. The van der Waals surface area contributed by atoms with E-state index in [4.69, 9.17) is 0 Å². The van der Waals surface area contributed by atoms with Crippen LogP contribution in [0, 0.1) is 0 Å².